The molecular weight excluding hydrogens is 290 g/mol. The first-order chi connectivity index (χ1) is 10.5. The highest BCUT2D eigenvalue weighted by Crippen LogP contribution is 2.26. The predicted octanol–water partition coefficient (Wildman–Crippen LogP) is 5.16. The summed E-state index contributed by atoms with van der Waals surface area (Å²) >= 11 is 1.59. The van der Waals surface area contributed by atoms with E-state index in [-0.39, 0.29) is 5.91 Å². The lowest BCUT2D eigenvalue weighted by Gasteiger charge is -2.13. The molecule has 3 heteroatoms. The van der Waals surface area contributed by atoms with E-state index in [9.17, 15) is 4.79 Å². The number of thioether (sulfide) groups is 1. The molecule has 0 aliphatic heterocycles. The van der Waals surface area contributed by atoms with Gasteiger partial charge in [-0.2, -0.15) is 0 Å². The Bertz CT molecular complexity index is 664. The first kappa shape index (κ1) is 16.6. The van der Waals surface area contributed by atoms with Crippen LogP contribution in [-0.2, 0) is 4.79 Å². The van der Waals surface area contributed by atoms with Crippen LogP contribution in [0, 0.1) is 13.8 Å². The second-order valence-electron chi connectivity index (χ2n) is 5.85. The molecule has 0 spiro atoms. The van der Waals surface area contributed by atoms with Gasteiger partial charge in [0.15, 0.2) is 0 Å². The van der Waals surface area contributed by atoms with Gasteiger partial charge in [-0.15, -0.1) is 11.8 Å². The molecule has 2 aromatic rings. The number of hydrogen-bond acceptors (Lipinski definition) is 2. The van der Waals surface area contributed by atoms with E-state index in [1.165, 1.54) is 16.7 Å². The summed E-state index contributed by atoms with van der Waals surface area (Å²) in [6, 6.07) is 14.3. The van der Waals surface area contributed by atoms with E-state index >= 15 is 0 Å². The zero-order chi connectivity index (χ0) is 16.1. The molecule has 0 aromatic heterocycles. The molecule has 1 amide bonds. The van der Waals surface area contributed by atoms with Crippen LogP contribution in [0.15, 0.2) is 47.4 Å². The Morgan fingerprint density at radius 3 is 2.55 bits per heavy atom. The molecule has 0 unspecified atom stereocenters. The fourth-order valence-corrected chi connectivity index (χ4v) is 3.21. The van der Waals surface area contributed by atoms with Crippen molar-refractivity contribution in [3.05, 3.63) is 59.2 Å². The van der Waals surface area contributed by atoms with E-state index in [1.807, 2.05) is 18.2 Å². The normalized spacial score (nSPS) is 10.8. The van der Waals surface area contributed by atoms with Gasteiger partial charge in [0, 0.05) is 10.6 Å². The van der Waals surface area contributed by atoms with Crippen LogP contribution in [0.1, 0.15) is 36.5 Å². The Morgan fingerprint density at radius 2 is 1.86 bits per heavy atom. The predicted molar refractivity (Wildman–Crippen MR) is 95.8 cm³/mol. The molecule has 1 N–H and O–H groups in total. The highest BCUT2D eigenvalue weighted by molar-refractivity contribution is 8.00. The van der Waals surface area contributed by atoms with Crippen molar-refractivity contribution in [1.29, 1.82) is 0 Å². The molecule has 0 saturated heterocycles. The third-order valence-electron chi connectivity index (χ3n) is 3.55. The van der Waals surface area contributed by atoms with Gasteiger partial charge < -0.3 is 5.32 Å². The lowest BCUT2D eigenvalue weighted by molar-refractivity contribution is -0.113. The largest absolute Gasteiger partial charge is 0.325 e. The number of anilines is 1. The quantitative estimate of drug-likeness (QED) is 0.773. The van der Waals surface area contributed by atoms with Crippen LogP contribution in [0.25, 0.3) is 0 Å². The van der Waals surface area contributed by atoms with Crippen LogP contribution in [-0.4, -0.2) is 11.7 Å². The van der Waals surface area contributed by atoms with Crippen molar-refractivity contribution in [3.8, 4) is 0 Å². The van der Waals surface area contributed by atoms with Gasteiger partial charge in [0.2, 0.25) is 5.91 Å². The first-order valence-electron chi connectivity index (χ1n) is 7.56. The number of benzene rings is 2. The second kappa shape index (κ2) is 7.50. The van der Waals surface area contributed by atoms with Gasteiger partial charge >= 0.3 is 0 Å². The van der Waals surface area contributed by atoms with Crippen molar-refractivity contribution in [1.82, 2.24) is 0 Å². The number of nitrogens with one attached hydrogen (secondary N) is 1. The summed E-state index contributed by atoms with van der Waals surface area (Å²) < 4.78 is 0. The number of hydrogen-bond donors (Lipinski definition) is 1. The van der Waals surface area contributed by atoms with Crippen molar-refractivity contribution in [2.45, 2.75) is 38.5 Å². The summed E-state index contributed by atoms with van der Waals surface area (Å²) in [5.74, 6) is 0.859. The summed E-state index contributed by atoms with van der Waals surface area (Å²) in [6.45, 7) is 8.43. The number of para-hydroxylation sites is 1. The van der Waals surface area contributed by atoms with E-state index in [4.69, 9.17) is 0 Å². The van der Waals surface area contributed by atoms with E-state index in [1.54, 1.807) is 11.8 Å². The molecule has 0 atom stereocenters. The number of rotatable bonds is 5. The minimum atomic E-state index is 0.0399. The Kier molecular flexibility index (Phi) is 5.67. The van der Waals surface area contributed by atoms with E-state index < -0.39 is 0 Å². The highest BCUT2D eigenvalue weighted by Gasteiger charge is 2.10. The fraction of sp³-hybridized carbons (Fsp3) is 0.316. The molecule has 0 heterocycles. The van der Waals surface area contributed by atoms with E-state index in [2.05, 4.69) is 57.3 Å². The smallest absolute Gasteiger partial charge is 0.234 e. The first-order valence-corrected chi connectivity index (χ1v) is 8.54. The van der Waals surface area contributed by atoms with Crippen LogP contribution < -0.4 is 5.32 Å². The van der Waals surface area contributed by atoms with Gasteiger partial charge in [0.05, 0.1) is 5.75 Å². The van der Waals surface area contributed by atoms with Gasteiger partial charge in [-0.3, -0.25) is 4.79 Å². The Balaban J connectivity index is 1.99. The zero-order valence-corrected chi connectivity index (χ0v) is 14.5. The molecule has 2 aromatic carbocycles. The molecular formula is C19H23NOS. The van der Waals surface area contributed by atoms with Gasteiger partial charge in [-0.25, -0.2) is 0 Å². The van der Waals surface area contributed by atoms with Crippen LogP contribution >= 0.6 is 11.8 Å². The van der Waals surface area contributed by atoms with Crippen molar-refractivity contribution in [2.75, 3.05) is 11.1 Å². The lowest BCUT2D eigenvalue weighted by atomic mass is 10.0. The van der Waals surface area contributed by atoms with Crippen molar-refractivity contribution in [3.63, 3.8) is 0 Å². The summed E-state index contributed by atoms with van der Waals surface area (Å²) in [7, 11) is 0. The van der Waals surface area contributed by atoms with Gasteiger partial charge in [-0.05, 0) is 43.0 Å². The topological polar surface area (TPSA) is 29.1 Å². The molecule has 2 nitrogen and oxygen atoms in total. The van der Waals surface area contributed by atoms with Gasteiger partial charge in [0.25, 0.3) is 0 Å². The lowest BCUT2D eigenvalue weighted by Crippen LogP contribution is -2.15. The van der Waals surface area contributed by atoms with E-state index in [0.29, 0.717) is 11.7 Å². The zero-order valence-electron chi connectivity index (χ0n) is 13.6. The summed E-state index contributed by atoms with van der Waals surface area (Å²) in [5.41, 5.74) is 4.56. The standard InChI is InChI=1S/C19H23NOS/c1-13(2)16-7-5-6-8-17(16)20-19(21)12-22-18-10-9-14(3)11-15(18)4/h5-11,13H,12H2,1-4H3,(H,20,21). The minimum Gasteiger partial charge on any atom is -0.325 e. The molecule has 0 aliphatic carbocycles. The summed E-state index contributed by atoms with van der Waals surface area (Å²) in [6.07, 6.45) is 0. The van der Waals surface area contributed by atoms with Crippen molar-refractivity contribution in [2.24, 2.45) is 0 Å². The number of aryl methyl sites for hydroxylation is 2. The average Bonchev–Trinajstić information content (AvgIpc) is 2.46. The molecule has 0 saturated carbocycles. The third kappa shape index (κ3) is 4.38. The van der Waals surface area contributed by atoms with Crippen LogP contribution in [0.2, 0.25) is 0 Å². The van der Waals surface area contributed by atoms with Crippen molar-refractivity contribution >= 4 is 23.4 Å². The monoisotopic (exact) mass is 313 g/mol. The number of carbonyl (C=O) groups is 1. The van der Waals surface area contributed by atoms with Crippen LogP contribution in [0.5, 0.6) is 0 Å². The minimum absolute atomic E-state index is 0.0399. The fourth-order valence-electron chi connectivity index (χ4n) is 2.41. The molecule has 0 aliphatic rings. The van der Waals surface area contributed by atoms with Gasteiger partial charge in [-0.1, -0.05) is 49.7 Å². The molecule has 0 bridgehead atoms. The number of amides is 1. The highest BCUT2D eigenvalue weighted by atomic mass is 32.2. The summed E-state index contributed by atoms with van der Waals surface area (Å²) in [4.78, 5) is 13.4. The molecule has 22 heavy (non-hydrogen) atoms. The maximum Gasteiger partial charge on any atom is 0.234 e. The number of carbonyl (C=O) groups excluding carboxylic acids is 1. The van der Waals surface area contributed by atoms with Gasteiger partial charge in [0.1, 0.15) is 0 Å². The Hall–Kier alpha value is -1.74. The molecule has 116 valence electrons. The Labute approximate surface area is 137 Å². The van der Waals surface area contributed by atoms with Crippen LogP contribution in [0.3, 0.4) is 0 Å². The maximum absolute atomic E-state index is 12.2. The average molecular weight is 313 g/mol. The molecule has 0 radical (unpaired) electrons. The second-order valence-corrected chi connectivity index (χ2v) is 6.86. The van der Waals surface area contributed by atoms with Crippen LogP contribution in [0.4, 0.5) is 5.69 Å². The summed E-state index contributed by atoms with van der Waals surface area (Å²) in [5, 5.41) is 3.03. The maximum atomic E-state index is 12.2. The Morgan fingerprint density at radius 1 is 1.14 bits per heavy atom. The SMILES string of the molecule is Cc1ccc(SCC(=O)Nc2ccccc2C(C)C)c(C)c1. The van der Waals surface area contributed by atoms with Crippen molar-refractivity contribution < 1.29 is 4.79 Å². The third-order valence-corrected chi connectivity index (χ3v) is 4.72. The molecule has 0 fully saturated rings. The van der Waals surface area contributed by atoms with E-state index in [0.717, 1.165) is 10.6 Å². The molecule has 2 rings (SSSR count).